The van der Waals surface area contributed by atoms with Crippen LogP contribution in [0.2, 0.25) is 10.3 Å². The Hall–Kier alpha value is -1.65. The molecule has 1 heterocycles. The number of carboxylic acids is 1. The first-order valence-corrected chi connectivity index (χ1v) is 5.35. The molecule has 86 valence electrons. The number of hydrogen-bond donors (Lipinski definition) is 1. The van der Waals surface area contributed by atoms with Gasteiger partial charge in [-0.25, -0.2) is 14.8 Å². The predicted octanol–water partition coefficient (Wildman–Crippen LogP) is 3.15. The van der Waals surface area contributed by atoms with Crippen LogP contribution in [0.5, 0.6) is 0 Å². The lowest BCUT2D eigenvalue weighted by molar-refractivity contribution is 0.0690. The maximum Gasteiger partial charge on any atom is 0.354 e. The van der Waals surface area contributed by atoms with Crippen molar-refractivity contribution in [3.05, 3.63) is 46.3 Å². The lowest BCUT2D eigenvalue weighted by Crippen LogP contribution is -2.02. The van der Waals surface area contributed by atoms with Crippen LogP contribution >= 0.6 is 23.2 Å². The third-order valence-corrected chi connectivity index (χ3v) is 2.48. The molecular formula is C11H6Cl2N2O2. The number of carbonyl (C=O) groups is 1. The number of benzene rings is 1. The number of carboxylic acid groups (broad SMARTS) is 1. The first kappa shape index (κ1) is 11.8. The number of rotatable bonds is 2. The van der Waals surface area contributed by atoms with E-state index >= 15 is 0 Å². The Bertz CT molecular complexity index is 570. The smallest absolute Gasteiger partial charge is 0.354 e. The molecule has 17 heavy (non-hydrogen) atoms. The molecule has 0 fully saturated rings. The van der Waals surface area contributed by atoms with E-state index in [1.54, 1.807) is 24.3 Å². The van der Waals surface area contributed by atoms with Crippen molar-refractivity contribution in [1.82, 2.24) is 9.97 Å². The van der Waals surface area contributed by atoms with Crippen LogP contribution in [0, 0.1) is 0 Å². The zero-order chi connectivity index (χ0) is 12.4. The van der Waals surface area contributed by atoms with E-state index in [4.69, 9.17) is 28.3 Å². The van der Waals surface area contributed by atoms with Crippen LogP contribution in [0.15, 0.2) is 30.3 Å². The van der Waals surface area contributed by atoms with Gasteiger partial charge in [0.25, 0.3) is 0 Å². The second kappa shape index (κ2) is 4.69. The third-order valence-electron chi connectivity index (χ3n) is 2.06. The highest BCUT2D eigenvalue weighted by molar-refractivity contribution is 6.30. The number of aromatic nitrogens is 2. The molecule has 0 aliphatic carbocycles. The maximum atomic E-state index is 10.8. The Labute approximate surface area is 107 Å². The molecule has 6 heteroatoms. The summed E-state index contributed by atoms with van der Waals surface area (Å²) in [5.41, 5.74) is 1.02. The summed E-state index contributed by atoms with van der Waals surface area (Å²) >= 11 is 11.4. The van der Waals surface area contributed by atoms with Gasteiger partial charge in [0.2, 0.25) is 5.28 Å². The van der Waals surface area contributed by atoms with Crippen molar-refractivity contribution in [2.45, 2.75) is 0 Å². The zero-order valence-corrected chi connectivity index (χ0v) is 9.90. The molecule has 0 saturated heterocycles. The minimum atomic E-state index is -1.15. The summed E-state index contributed by atoms with van der Waals surface area (Å²) in [5.74, 6) is -1.15. The van der Waals surface area contributed by atoms with Gasteiger partial charge >= 0.3 is 5.97 Å². The second-order valence-corrected chi connectivity index (χ2v) is 3.99. The summed E-state index contributed by atoms with van der Waals surface area (Å²) in [6.07, 6.45) is 0. The van der Waals surface area contributed by atoms with Crippen LogP contribution in [0.3, 0.4) is 0 Å². The van der Waals surface area contributed by atoms with E-state index in [1.807, 2.05) is 0 Å². The van der Waals surface area contributed by atoms with Gasteiger partial charge in [-0.1, -0.05) is 23.7 Å². The zero-order valence-electron chi connectivity index (χ0n) is 8.39. The van der Waals surface area contributed by atoms with Crippen molar-refractivity contribution >= 4 is 29.2 Å². The van der Waals surface area contributed by atoms with Crippen molar-refractivity contribution in [2.75, 3.05) is 0 Å². The number of hydrogen-bond acceptors (Lipinski definition) is 3. The molecule has 0 bridgehead atoms. The molecule has 0 unspecified atom stereocenters. The molecule has 0 radical (unpaired) electrons. The molecule has 0 saturated carbocycles. The van der Waals surface area contributed by atoms with E-state index in [0.29, 0.717) is 10.7 Å². The van der Waals surface area contributed by atoms with Gasteiger partial charge in [-0.3, -0.25) is 0 Å². The first-order chi connectivity index (χ1) is 8.06. The van der Waals surface area contributed by atoms with Crippen molar-refractivity contribution in [2.24, 2.45) is 0 Å². The van der Waals surface area contributed by atoms with Gasteiger partial charge in [-0.05, 0) is 29.8 Å². The summed E-state index contributed by atoms with van der Waals surface area (Å²) < 4.78 is 0. The lowest BCUT2D eigenvalue weighted by atomic mass is 10.1. The second-order valence-electron chi connectivity index (χ2n) is 3.22. The average Bonchev–Trinajstić information content (AvgIpc) is 2.29. The van der Waals surface area contributed by atoms with Gasteiger partial charge in [0, 0.05) is 10.6 Å². The van der Waals surface area contributed by atoms with Crippen molar-refractivity contribution in [1.29, 1.82) is 0 Å². The number of aromatic carboxylic acids is 1. The molecule has 2 rings (SSSR count). The predicted molar refractivity (Wildman–Crippen MR) is 64.4 cm³/mol. The SMILES string of the molecule is O=C(O)c1cc(-c2ccc(Cl)cc2)nc(Cl)n1. The third kappa shape index (κ3) is 2.72. The van der Waals surface area contributed by atoms with Gasteiger partial charge in [-0.2, -0.15) is 0 Å². The minimum absolute atomic E-state index is 0.102. The highest BCUT2D eigenvalue weighted by Crippen LogP contribution is 2.21. The van der Waals surface area contributed by atoms with Gasteiger partial charge in [0.1, 0.15) is 0 Å². The largest absolute Gasteiger partial charge is 0.477 e. The Morgan fingerprint density at radius 3 is 2.35 bits per heavy atom. The fraction of sp³-hybridized carbons (Fsp3) is 0. The van der Waals surface area contributed by atoms with Crippen molar-refractivity contribution < 1.29 is 9.90 Å². The van der Waals surface area contributed by atoms with E-state index in [1.165, 1.54) is 6.07 Å². The van der Waals surface area contributed by atoms with E-state index in [0.717, 1.165) is 5.56 Å². The van der Waals surface area contributed by atoms with Gasteiger partial charge in [0.05, 0.1) is 5.69 Å². The van der Waals surface area contributed by atoms with Crippen LogP contribution in [0.25, 0.3) is 11.3 Å². The Morgan fingerprint density at radius 1 is 1.12 bits per heavy atom. The average molecular weight is 269 g/mol. The summed E-state index contributed by atoms with van der Waals surface area (Å²) in [5, 5.41) is 9.34. The molecule has 2 aromatic rings. The molecule has 0 spiro atoms. The fourth-order valence-corrected chi connectivity index (χ4v) is 1.60. The summed E-state index contributed by atoms with van der Waals surface area (Å²) in [6, 6.07) is 8.19. The topological polar surface area (TPSA) is 63.1 Å². The van der Waals surface area contributed by atoms with Crippen LogP contribution in [-0.2, 0) is 0 Å². The summed E-state index contributed by atoms with van der Waals surface area (Å²) in [4.78, 5) is 18.4. The van der Waals surface area contributed by atoms with Crippen LogP contribution < -0.4 is 0 Å². The van der Waals surface area contributed by atoms with E-state index in [9.17, 15) is 4.79 Å². The van der Waals surface area contributed by atoms with Crippen LogP contribution in [-0.4, -0.2) is 21.0 Å². The standard InChI is InChI=1S/C11H6Cl2N2O2/c12-7-3-1-6(2-4-7)8-5-9(10(16)17)15-11(13)14-8/h1-5H,(H,16,17). The Morgan fingerprint density at radius 2 is 1.76 bits per heavy atom. The maximum absolute atomic E-state index is 10.8. The fourth-order valence-electron chi connectivity index (χ4n) is 1.30. The highest BCUT2D eigenvalue weighted by atomic mass is 35.5. The van der Waals surface area contributed by atoms with E-state index in [2.05, 4.69) is 9.97 Å². The van der Waals surface area contributed by atoms with E-state index in [-0.39, 0.29) is 11.0 Å². The summed E-state index contributed by atoms with van der Waals surface area (Å²) in [6.45, 7) is 0. The molecule has 1 N–H and O–H groups in total. The van der Waals surface area contributed by atoms with Crippen LogP contribution in [0.1, 0.15) is 10.5 Å². The quantitative estimate of drug-likeness (QED) is 0.850. The molecule has 4 nitrogen and oxygen atoms in total. The first-order valence-electron chi connectivity index (χ1n) is 4.60. The molecule has 0 aliphatic heterocycles. The number of halogens is 2. The molecule has 0 aliphatic rings. The highest BCUT2D eigenvalue weighted by Gasteiger charge is 2.10. The van der Waals surface area contributed by atoms with Gasteiger partial charge in [-0.15, -0.1) is 0 Å². The van der Waals surface area contributed by atoms with Gasteiger partial charge < -0.3 is 5.11 Å². The molecule has 1 aromatic heterocycles. The summed E-state index contributed by atoms with van der Waals surface area (Å²) in [7, 11) is 0. The van der Waals surface area contributed by atoms with Crippen molar-refractivity contribution in [3.63, 3.8) is 0 Å². The van der Waals surface area contributed by atoms with Gasteiger partial charge in [0.15, 0.2) is 5.69 Å². The Balaban J connectivity index is 2.51. The van der Waals surface area contributed by atoms with Crippen molar-refractivity contribution in [3.8, 4) is 11.3 Å². The molecular weight excluding hydrogens is 263 g/mol. The minimum Gasteiger partial charge on any atom is -0.477 e. The number of nitrogens with zero attached hydrogens (tertiary/aromatic N) is 2. The lowest BCUT2D eigenvalue weighted by Gasteiger charge is -2.02. The normalized spacial score (nSPS) is 10.2. The van der Waals surface area contributed by atoms with Crippen LogP contribution in [0.4, 0.5) is 0 Å². The van der Waals surface area contributed by atoms with E-state index < -0.39 is 5.97 Å². The molecule has 1 aromatic carbocycles. The molecule has 0 atom stereocenters. The monoisotopic (exact) mass is 268 g/mol. The molecule has 0 amide bonds. The Kier molecular flexibility index (Phi) is 3.26.